The van der Waals surface area contributed by atoms with Crippen LogP contribution in [0.2, 0.25) is 0 Å². The molecule has 0 saturated carbocycles. The highest BCUT2D eigenvalue weighted by Gasteiger charge is 2.11. The van der Waals surface area contributed by atoms with E-state index >= 15 is 0 Å². The fourth-order valence-corrected chi connectivity index (χ4v) is 2.42. The number of nitrogens with two attached hydrogens (primary N) is 2. The summed E-state index contributed by atoms with van der Waals surface area (Å²) in [7, 11) is 1.82. The Morgan fingerprint density at radius 2 is 2.00 bits per heavy atom. The highest BCUT2D eigenvalue weighted by molar-refractivity contribution is 9.10. The van der Waals surface area contributed by atoms with Crippen molar-refractivity contribution in [3.05, 3.63) is 57.8 Å². The zero-order chi connectivity index (χ0) is 15.6. The molecule has 6 heteroatoms. The Kier molecular flexibility index (Phi) is 4.47. The second-order valence-electron chi connectivity index (χ2n) is 4.73. The molecule has 2 aromatic carbocycles. The van der Waals surface area contributed by atoms with Gasteiger partial charge in [0.05, 0.1) is 11.4 Å². The summed E-state index contributed by atoms with van der Waals surface area (Å²) in [6.45, 7) is 0.330. The molecule has 0 unspecified atom stereocenters. The van der Waals surface area contributed by atoms with Gasteiger partial charge in [0, 0.05) is 29.2 Å². The Bertz CT molecular complexity index is 691. The summed E-state index contributed by atoms with van der Waals surface area (Å²) < 4.78 is 14.9. The fourth-order valence-electron chi connectivity index (χ4n) is 2.04. The van der Waals surface area contributed by atoms with E-state index in [1.165, 1.54) is 6.07 Å². The van der Waals surface area contributed by atoms with Gasteiger partial charge in [-0.05, 0) is 30.3 Å². The minimum absolute atomic E-state index is 0.155. The monoisotopic (exact) mass is 351 g/mol. The average molecular weight is 352 g/mol. The summed E-state index contributed by atoms with van der Waals surface area (Å²) in [4.78, 5) is 12.8. The highest BCUT2D eigenvalue weighted by atomic mass is 79.9. The Morgan fingerprint density at radius 1 is 1.29 bits per heavy atom. The van der Waals surface area contributed by atoms with Crippen molar-refractivity contribution in [3.63, 3.8) is 0 Å². The quantitative estimate of drug-likeness (QED) is 0.831. The van der Waals surface area contributed by atoms with Crippen molar-refractivity contribution in [2.24, 2.45) is 5.73 Å². The number of rotatable bonds is 4. The van der Waals surface area contributed by atoms with Gasteiger partial charge < -0.3 is 16.4 Å². The first-order valence-corrected chi connectivity index (χ1v) is 7.02. The molecular weight excluding hydrogens is 337 g/mol. The molecule has 0 aliphatic rings. The second kappa shape index (κ2) is 6.13. The first-order valence-electron chi connectivity index (χ1n) is 6.23. The van der Waals surface area contributed by atoms with Crippen molar-refractivity contribution in [3.8, 4) is 0 Å². The molecule has 2 rings (SSSR count). The number of carbonyl (C=O) groups is 1. The SMILES string of the molecule is CN(Cc1ccc(C(N)=O)cc1F)c1ccc(Br)cc1N. The van der Waals surface area contributed by atoms with Gasteiger partial charge in [-0.1, -0.05) is 22.0 Å². The first kappa shape index (κ1) is 15.3. The molecule has 4 nitrogen and oxygen atoms in total. The second-order valence-corrected chi connectivity index (χ2v) is 5.65. The van der Waals surface area contributed by atoms with Crippen LogP contribution in [0.5, 0.6) is 0 Å². The molecule has 4 N–H and O–H groups in total. The van der Waals surface area contributed by atoms with Gasteiger partial charge in [0.25, 0.3) is 0 Å². The number of hydrogen-bond acceptors (Lipinski definition) is 3. The number of nitrogens with zero attached hydrogens (tertiary/aromatic N) is 1. The van der Waals surface area contributed by atoms with Crippen molar-refractivity contribution in [2.75, 3.05) is 17.7 Å². The Morgan fingerprint density at radius 3 is 2.57 bits per heavy atom. The molecule has 1 amide bonds. The summed E-state index contributed by atoms with van der Waals surface area (Å²) in [5.74, 6) is -1.11. The lowest BCUT2D eigenvalue weighted by Gasteiger charge is -2.21. The molecular formula is C15H15BrFN3O. The molecule has 21 heavy (non-hydrogen) atoms. The highest BCUT2D eigenvalue weighted by Crippen LogP contribution is 2.27. The van der Waals surface area contributed by atoms with Gasteiger partial charge in [0.15, 0.2) is 0 Å². The lowest BCUT2D eigenvalue weighted by Crippen LogP contribution is -2.19. The van der Waals surface area contributed by atoms with E-state index in [0.29, 0.717) is 17.8 Å². The van der Waals surface area contributed by atoms with Gasteiger partial charge in [0.2, 0.25) is 5.91 Å². The smallest absolute Gasteiger partial charge is 0.248 e. The summed E-state index contributed by atoms with van der Waals surface area (Å²) in [6.07, 6.45) is 0. The van der Waals surface area contributed by atoms with Crippen LogP contribution < -0.4 is 16.4 Å². The van der Waals surface area contributed by atoms with Crippen LogP contribution in [0.25, 0.3) is 0 Å². The number of anilines is 2. The van der Waals surface area contributed by atoms with Crippen LogP contribution in [0.1, 0.15) is 15.9 Å². The molecule has 2 aromatic rings. The van der Waals surface area contributed by atoms with Gasteiger partial charge in [0.1, 0.15) is 5.82 Å². The minimum atomic E-state index is -0.647. The van der Waals surface area contributed by atoms with Crippen LogP contribution in [-0.4, -0.2) is 13.0 Å². The lowest BCUT2D eigenvalue weighted by atomic mass is 10.1. The van der Waals surface area contributed by atoms with Crippen molar-refractivity contribution in [1.82, 2.24) is 0 Å². The van der Waals surface area contributed by atoms with E-state index in [-0.39, 0.29) is 5.56 Å². The zero-order valence-electron chi connectivity index (χ0n) is 11.4. The van der Waals surface area contributed by atoms with Gasteiger partial charge in [-0.25, -0.2) is 4.39 Å². The Hall–Kier alpha value is -2.08. The van der Waals surface area contributed by atoms with Crippen LogP contribution in [0, 0.1) is 5.82 Å². The van der Waals surface area contributed by atoms with Gasteiger partial charge in [-0.3, -0.25) is 4.79 Å². The summed E-state index contributed by atoms with van der Waals surface area (Å²) in [6, 6.07) is 9.74. The molecule has 0 saturated heterocycles. The standard InChI is InChI=1S/C15H15BrFN3O/c1-20(14-5-4-11(16)7-13(14)18)8-10-3-2-9(15(19)21)6-12(10)17/h2-7H,8,18H2,1H3,(H2,19,21). The van der Waals surface area contributed by atoms with E-state index < -0.39 is 11.7 Å². The number of carbonyl (C=O) groups excluding carboxylic acids is 1. The van der Waals surface area contributed by atoms with E-state index in [2.05, 4.69) is 15.9 Å². The predicted molar refractivity (Wildman–Crippen MR) is 85.6 cm³/mol. The van der Waals surface area contributed by atoms with Gasteiger partial charge >= 0.3 is 0 Å². The lowest BCUT2D eigenvalue weighted by molar-refractivity contribution is 0.1000. The maximum atomic E-state index is 14.0. The fraction of sp³-hybridized carbons (Fsp3) is 0.133. The topological polar surface area (TPSA) is 72.3 Å². The van der Waals surface area contributed by atoms with Crippen molar-refractivity contribution < 1.29 is 9.18 Å². The van der Waals surface area contributed by atoms with Crippen LogP contribution in [0.4, 0.5) is 15.8 Å². The number of benzene rings is 2. The third-order valence-electron chi connectivity index (χ3n) is 3.15. The number of amides is 1. The zero-order valence-corrected chi connectivity index (χ0v) is 13.0. The summed E-state index contributed by atoms with van der Waals surface area (Å²) >= 11 is 3.34. The molecule has 0 fully saturated rings. The molecule has 0 spiro atoms. The first-order chi connectivity index (χ1) is 9.88. The average Bonchev–Trinajstić information content (AvgIpc) is 2.40. The molecule has 0 aromatic heterocycles. The number of hydrogen-bond donors (Lipinski definition) is 2. The largest absolute Gasteiger partial charge is 0.397 e. The van der Waals surface area contributed by atoms with Gasteiger partial charge in [-0.15, -0.1) is 0 Å². The number of nitrogen functional groups attached to an aromatic ring is 1. The van der Waals surface area contributed by atoms with E-state index in [1.54, 1.807) is 12.1 Å². The van der Waals surface area contributed by atoms with Crippen LogP contribution in [-0.2, 0) is 6.54 Å². The van der Waals surface area contributed by atoms with E-state index in [1.807, 2.05) is 24.1 Å². The van der Waals surface area contributed by atoms with Crippen molar-refractivity contribution >= 4 is 33.2 Å². The normalized spacial score (nSPS) is 10.4. The van der Waals surface area contributed by atoms with Gasteiger partial charge in [-0.2, -0.15) is 0 Å². The summed E-state index contributed by atoms with van der Waals surface area (Å²) in [5.41, 5.74) is 13.1. The van der Waals surface area contributed by atoms with Crippen LogP contribution in [0.3, 0.4) is 0 Å². The Labute approximate surface area is 130 Å². The molecule has 0 heterocycles. The third kappa shape index (κ3) is 3.52. The molecule has 110 valence electrons. The number of primary amides is 1. The molecule has 0 aliphatic carbocycles. The van der Waals surface area contributed by atoms with E-state index in [0.717, 1.165) is 16.2 Å². The molecule has 0 atom stereocenters. The van der Waals surface area contributed by atoms with E-state index in [4.69, 9.17) is 11.5 Å². The molecule has 0 aliphatic heterocycles. The maximum Gasteiger partial charge on any atom is 0.248 e. The molecule has 0 bridgehead atoms. The molecule has 0 radical (unpaired) electrons. The Balaban J connectivity index is 2.23. The third-order valence-corrected chi connectivity index (χ3v) is 3.64. The number of halogens is 2. The van der Waals surface area contributed by atoms with Crippen molar-refractivity contribution in [1.29, 1.82) is 0 Å². The van der Waals surface area contributed by atoms with Crippen LogP contribution >= 0.6 is 15.9 Å². The minimum Gasteiger partial charge on any atom is -0.397 e. The maximum absolute atomic E-state index is 14.0. The predicted octanol–water partition coefficient (Wildman–Crippen LogP) is 2.91. The van der Waals surface area contributed by atoms with E-state index in [9.17, 15) is 9.18 Å². The van der Waals surface area contributed by atoms with Crippen LogP contribution in [0.15, 0.2) is 40.9 Å². The summed E-state index contributed by atoms with van der Waals surface area (Å²) in [5, 5.41) is 0. The van der Waals surface area contributed by atoms with Crippen molar-refractivity contribution in [2.45, 2.75) is 6.54 Å².